The van der Waals surface area contributed by atoms with Gasteiger partial charge in [-0.2, -0.15) is 0 Å². The first-order chi connectivity index (χ1) is 8.49. The first kappa shape index (κ1) is 12.8. The highest BCUT2D eigenvalue weighted by atomic mass is 32.2. The van der Waals surface area contributed by atoms with Crippen molar-refractivity contribution in [3.8, 4) is 0 Å². The predicted octanol–water partition coefficient (Wildman–Crippen LogP) is 0.971. The second kappa shape index (κ2) is 4.89. The third-order valence-corrected chi connectivity index (χ3v) is 3.91. The van der Waals surface area contributed by atoms with E-state index in [4.69, 9.17) is 11.5 Å². The highest BCUT2D eigenvalue weighted by molar-refractivity contribution is 8.01. The summed E-state index contributed by atoms with van der Waals surface area (Å²) in [5.74, 6) is -0.413. The molecule has 4 N–H and O–H groups in total. The van der Waals surface area contributed by atoms with Crippen molar-refractivity contribution in [3.05, 3.63) is 18.2 Å². The molecule has 0 aromatic heterocycles. The molecule has 2 rings (SSSR count). The number of fused-ring (bicyclic) bond motifs is 1. The summed E-state index contributed by atoms with van der Waals surface area (Å²) >= 11 is 1.48. The summed E-state index contributed by atoms with van der Waals surface area (Å²) in [6.07, 6.45) is 0.160. The fourth-order valence-electron chi connectivity index (χ4n) is 1.88. The predicted molar refractivity (Wildman–Crippen MR) is 72.3 cm³/mol. The van der Waals surface area contributed by atoms with Crippen LogP contribution in [0.2, 0.25) is 0 Å². The number of rotatable bonds is 3. The van der Waals surface area contributed by atoms with Gasteiger partial charge >= 0.3 is 0 Å². The Hall–Kier alpha value is -1.69. The Kier molecular flexibility index (Phi) is 3.47. The molecule has 96 valence electrons. The van der Waals surface area contributed by atoms with Gasteiger partial charge in [-0.15, -0.1) is 11.8 Å². The summed E-state index contributed by atoms with van der Waals surface area (Å²) in [4.78, 5) is 25.5. The van der Waals surface area contributed by atoms with Gasteiger partial charge in [0, 0.05) is 23.5 Å². The van der Waals surface area contributed by atoms with Gasteiger partial charge in [-0.1, -0.05) is 0 Å². The van der Waals surface area contributed by atoms with Crippen LogP contribution < -0.4 is 16.4 Å². The van der Waals surface area contributed by atoms with E-state index in [0.717, 1.165) is 10.6 Å². The molecule has 0 radical (unpaired) electrons. The lowest BCUT2D eigenvalue weighted by Crippen LogP contribution is -2.41. The summed E-state index contributed by atoms with van der Waals surface area (Å²) in [7, 11) is 0. The maximum absolute atomic E-state index is 12.1. The minimum atomic E-state index is -0.411. The van der Waals surface area contributed by atoms with Crippen LogP contribution in [0, 0.1) is 0 Å². The van der Waals surface area contributed by atoms with E-state index in [1.54, 1.807) is 11.0 Å². The molecule has 1 unspecified atom stereocenters. The van der Waals surface area contributed by atoms with Crippen molar-refractivity contribution < 1.29 is 9.59 Å². The number of primary amides is 1. The third kappa shape index (κ3) is 2.43. The van der Waals surface area contributed by atoms with Crippen LogP contribution >= 0.6 is 11.8 Å². The number of nitrogens with two attached hydrogens (primary N) is 2. The summed E-state index contributed by atoms with van der Waals surface area (Å²) in [5, 5.41) is -0.174. The van der Waals surface area contributed by atoms with Gasteiger partial charge in [-0.25, -0.2) is 0 Å². The third-order valence-electron chi connectivity index (χ3n) is 2.77. The summed E-state index contributed by atoms with van der Waals surface area (Å²) in [6, 6.07) is 5.41. The maximum Gasteiger partial charge on any atom is 0.240 e. The van der Waals surface area contributed by atoms with Crippen molar-refractivity contribution >= 4 is 35.0 Å². The largest absolute Gasteiger partial charge is 0.399 e. The van der Waals surface area contributed by atoms with E-state index in [9.17, 15) is 9.59 Å². The summed E-state index contributed by atoms with van der Waals surface area (Å²) in [6.45, 7) is 2.16. The summed E-state index contributed by atoms with van der Waals surface area (Å²) in [5.41, 5.74) is 12.3. The molecular formula is C12H15N3O2S. The highest BCUT2D eigenvalue weighted by Gasteiger charge is 2.30. The van der Waals surface area contributed by atoms with Gasteiger partial charge in [0.05, 0.1) is 10.9 Å². The van der Waals surface area contributed by atoms with E-state index in [1.165, 1.54) is 11.8 Å². The normalized spacial score (nSPS) is 18.6. The molecule has 0 fully saturated rings. The molecule has 1 aromatic rings. The monoisotopic (exact) mass is 265 g/mol. The molecule has 6 heteroatoms. The number of carbonyl (C=O) groups is 2. The van der Waals surface area contributed by atoms with Crippen LogP contribution in [0.15, 0.2) is 23.1 Å². The Labute approximate surface area is 110 Å². The standard InChI is InChI=1S/C12H15N3O2S/c1-7-12(17)15(5-4-11(14)16)9-3-2-8(13)6-10(9)18-7/h2-3,6-7H,4-5,13H2,1H3,(H2,14,16). The lowest BCUT2D eigenvalue weighted by Gasteiger charge is -2.32. The molecule has 18 heavy (non-hydrogen) atoms. The van der Waals surface area contributed by atoms with Crippen LogP contribution in [0.4, 0.5) is 11.4 Å². The number of thioether (sulfide) groups is 1. The van der Waals surface area contributed by atoms with E-state index in [1.807, 2.05) is 19.1 Å². The highest BCUT2D eigenvalue weighted by Crippen LogP contribution is 2.40. The average molecular weight is 265 g/mol. The molecule has 1 heterocycles. The zero-order valence-corrected chi connectivity index (χ0v) is 10.9. The Morgan fingerprint density at radius 2 is 2.22 bits per heavy atom. The van der Waals surface area contributed by atoms with Gasteiger partial charge < -0.3 is 16.4 Å². The van der Waals surface area contributed by atoms with Gasteiger partial charge in [0.1, 0.15) is 0 Å². The smallest absolute Gasteiger partial charge is 0.240 e. The van der Waals surface area contributed by atoms with E-state index in [2.05, 4.69) is 0 Å². The zero-order chi connectivity index (χ0) is 13.3. The molecule has 0 saturated carbocycles. The van der Waals surface area contributed by atoms with Crippen molar-refractivity contribution in [2.45, 2.75) is 23.5 Å². The number of amides is 2. The fraction of sp³-hybridized carbons (Fsp3) is 0.333. The van der Waals surface area contributed by atoms with E-state index in [0.29, 0.717) is 12.2 Å². The summed E-state index contributed by atoms with van der Waals surface area (Å²) < 4.78 is 0. The van der Waals surface area contributed by atoms with E-state index >= 15 is 0 Å². The lowest BCUT2D eigenvalue weighted by atomic mass is 10.2. The Bertz CT molecular complexity index is 504. The van der Waals surface area contributed by atoms with Crippen LogP contribution in [0.3, 0.4) is 0 Å². The topological polar surface area (TPSA) is 89.4 Å². The quantitative estimate of drug-likeness (QED) is 0.797. The number of nitrogen functional groups attached to an aromatic ring is 1. The van der Waals surface area contributed by atoms with Crippen LogP contribution in [-0.2, 0) is 9.59 Å². The van der Waals surface area contributed by atoms with Gasteiger partial charge in [-0.3, -0.25) is 9.59 Å². The van der Waals surface area contributed by atoms with E-state index < -0.39 is 5.91 Å². The molecule has 1 atom stereocenters. The number of nitrogens with zero attached hydrogens (tertiary/aromatic N) is 1. The van der Waals surface area contributed by atoms with Crippen LogP contribution in [0.1, 0.15) is 13.3 Å². The molecule has 0 bridgehead atoms. The van der Waals surface area contributed by atoms with Crippen LogP contribution in [0.25, 0.3) is 0 Å². The van der Waals surface area contributed by atoms with Crippen LogP contribution in [0.5, 0.6) is 0 Å². The molecule has 1 aliphatic rings. The second-order valence-electron chi connectivity index (χ2n) is 4.19. The Morgan fingerprint density at radius 3 is 2.89 bits per heavy atom. The minimum absolute atomic E-state index is 0.00137. The van der Waals surface area contributed by atoms with Crippen molar-refractivity contribution in [2.24, 2.45) is 5.73 Å². The molecule has 0 saturated heterocycles. The minimum Gasteiger partial charge on any atom is -0.399 e. The Balaban J connectivity index is 2.33. The van der Waals surface area contributed by atoms with Gasteiger partial charge in [0.2, 0.25) is 11.8 Å². The van der Waals surface area contributed by atoms with Crippen LogP contribution in [-0.4, -0.2) is 23.6 Å². The molecule has 1 aromatic carbocycles. The van der Waals surface area contributed by atoms with Gasteiger partial charge in [0.25, 0.3) is 0 Å². The van der Waals surface area contributed by atoms with Crippen molar-refractivity contribution in [1.29, 1.82) is 0 Å². The number of carbonyl (C=O) groups excluding carboxylic acids is 2. The number of anilines is 2. The SMILES string of the molecule is CC1Sc2cc(N)ccc2N(CCC(N)=O)C1=O. The van der Waals surface area contributed by atoms with Crippen molar-refractivity contribution in [3.63, 3.8) is 0 Å². The molecule has 5 nitrogen and oxygen atoms in total. The first-order valence-electron chi connectivity index (χ1n) is 5.65. The van der Waals surface area contributed by atoms with Crippen molar-refractivity contribution in [1.82, 2.24) is 0 Å². The molecular weight excluding hydrogens is 250 g/mol. The molecule has 0 spiro atoms. The lowest BCUT2D eigenvalue weighted by molar-refractivity contribution is -0.118. The maximum atomic E-state index is 12.1. The fourth-order valence-corrected chi connectivity index (χ4v) is 2.99. The van der Waals surface area contributed by atoms with Gasteiger partial charge in [-0.05, 0) is 25.1 Å². The average Bonchev–Trinajstić information content (AvgIpc) is 2.29. The molecule has 2 amide bonds. The second-order valence-corrected chi connectivity index (χ2v) is 5.58. The number of benzene rings is 1. The zero-order valence-electron chi connectivity index (χ0n) is 10.1. The van der Waals surface area contributed by atoms with Gasteiger partial charge in [0.15, 0.2) is 0 Å². The first-order valence-corrected chi connectivity index (χ1v) is 6.53. The number of hydrogen-bond acceptors (Lipinski definition) is 4. The Morgan fingerprint density at radius 1 is 1.50 bits per heavy atom. The molecule has 0 aliphatic carbocycles. The number of hydrogen-bond donors (Lipinski definition) is 2. The van der Waals surface area contributed by atoms with E-state index in [-0.39, 0.29) is 17.6 Å². The van der Waals surface area contributed by atoms with Crippen molar-refractivity contribution in [2.75, 3.05) is 17.2 Å². The molecule has 1 aliphatic heterocycles.